The Morgan fingerprint density at radius 3 is 2.55 bits per heavy atom. The Balaban J connectivity index is 2.57. The Morgan fingerprint density at radius 1 is 1.23 bits per heavy atom. The van der Waals surface area contributed by atoms with E-state index in [0.717, 1.165) is 4.57 Å². The van der Waals surface area contributed by atoms with Crippen molar-refractivity contribution in [1.82, 2.24) is 4.57 Å². The summed E-state index contributed by atoms with van der Waals surface area (Å²) in [5.41, 5.74) is -0.0144. The topological polar surface area (TPSA) is 31.2 Å². The first-order chi connectivity index (χ1) is 10.4. The van der Waals surface area contributed by atoms with Gasteiger partial charge >= 0.3 is 0 Å². The van der Waals surface area contributed by atoms with Crippen molar-refractivity contribution in [3.63, 3.8) is 0 Å². The summed E-state index contributed by atoms with van der Waals surface area (Å²) < 4.78 is 45.8. The van der Waals surface area contributed by atoms with Crippen molar-refractivity contribution >= 4 is 0 Å². The molecule has 0 aliphatic carbocycles. The van der Waals surface area contributed by atoms with Crippen LogP contribution in [0.4, 0.5) is 13.2 Å². The maximum atomic E-state index is 14.2. The second-order valence-corrected chi connectivity index (χ2v) is 4.78. The molecule has 0 saturated carbocycles. The number of pyridine rings is 1. The second-order valence-electron chi connectivity index (χ2n) is 4.78. The van der Waals surface area contributed by atoms with Gasteiger partial charge in [-0.25, -0.2) is 13.2 Å². The maximum Gasteiger partial charge on any atom is 0.256 e. The van der Waals surface area contributed by atoms with Crippen LogP contribution in [-0.4, -0.2) is 17.6 Å². The molecule has 118 valence electrons. The van der Waals surface area contributed by atoms with Crippen LogP contribution in [0.2, 0.25) is 0 Å². The van der Waals surface area contributed by atoms with E-state index in [2.05, 4.69) is 0 Å². The van der Waals surface area contributed by atoms with Gasteiger partial charge in [0.05, 0.1) is 18.8 Å². The molecule has 2 rings (SSSR count). The Bertz CT molecular complexity index is 726. The van der Waals surface area contributed by atoms with Crippen LogP contribution in [0.3, 0.4) is 0 Å². The van der Waals surface area contributed by atoms with Crippen molar-refractivity contribution < 1.29 is 17.9 Å². The molecule has 0 amide bonds. The van der Waals surface area contributed by atoms with Crippen LogP contribution >= 0.6 is 0 Å². The van der Waals surface area contributed by atoms with Crippen LogP contribution in [-0.2, 0) is 6.54 Å². The highest BCUT2D eigenvalue weighted by Gasteiger charge is 2.16. The van der Waals surface area contributed by atoms with Gasteiger partial charge in [-0.05, 0) is 32.0 Å². The first-order valence-corrected chi connectivity index (χ1v) is 6.85. The molecule has 1 aromatic heterocycles. The smallest absolute Gasteiger partial charge is 0.256 e. The summed E-state index contributed by atoms with van der Waals surface area (Å²) in [5, 5.41) is 0. The quantitative estimate of drug-likeness (QED) is 0.844. The van der Waals surface area contributed by atoms with E-state index in [1.165, 1.54) is 31.2 Å². The second kappa shape index (κ2) is 6.68. The Hall–Kier alpha value is -2.24. The molecule has 0 fully saturated rings. The summed E-state index contributed by atoms with van der Waals surface area (Å²) in [4.78, 5) is 12.1. The lowest BCUT2D eigenvalue weighted by atomic mass is 10.1. The molecule has 0 aliphatic rings. The fourth-order valence-electron chi connectivity index (χ4n) is 2.20. The summed E-state index contributed by atoms with van der Waals surface area (Å²) in [6.45, 7) is 2.91. The third kappa shape index (κ3) is 3.32. The molecule has 0 unspecified atom stereocenters. The molecule has 22 heavy (non-hydrogen) atoms. The van der Waals surface area contributed by atoms with Crippen molar-refractivity contribution in [2.75, 3.05) is 6.61 Å². The number of aryl methyl sites for hydroxylation is 1. The number of rotatable bonds is 5. The zero-order chi connectivity index (χ0) is 16.3. The zero-order valence-electron chi connectivity index (χ0n) is 12.3. The van der Waals surface area contributed by atoms with E-state index < -0.39 is 24.3 Å². The van der Waals surface area contributed by atoms with E-state index in [1.54, 1.807) is 13.0 Å². The van der Waals surface area contributed by atoms with E-state index >= 15 is 0 Å². The number of hydrogen-bond acceptors (Lipinski definition) is 2. The van der Waals surface area contributed by atoms with Gasteiger partial charge in [0.15, 0.2) is 0 Å². The highest BCUT2D eigenvalue weighted by molar-refractivity contribution is 5.62. The van der Waals surface area contributed by atoms with Gasteiger partial charge in [0.25, 0.3) is 12.0 Å². The molecular formula is C16H16F3NO2. The first-order valence-electron chi connectivity index (χ1n) is 6.85. The predicted octanol–water partition coefficient (Wildman–Crippen LogP) is 3.63. The van der Waals surface area contributed by atoms with Crippen LogP contribution in [0.1, 0.15) is 12.5 Å². The average Bonchev–Trinajstić information content (AvgIpc) is 2.45. The molecule has 0 saturated heterocycles. The third-order valence-electron chi connectivity index (χ3n) is 3.21. The van der Waals surface area contributed by atoms with Gasteiger partial charge < -0.3 is 9.30 Å². The van der Waals surface area contributed by atoms with Crippen molar-refractivity contribution in [3.05, 3.63) is 52.1 Å². The predicted molar refractivity (Wildman–Crippen MR) is 78.0 cm³/mol. The maximum absolute atomic E-state index is 14.2. The van der Waals surface area contributed by atoms with Crippen LogP contribution in [0.5, 0.6) is 5.75 Å². The lowest BCUT2D eigenvalue weighted by Gasteiger charge is -2.15. The molecule has 1 aromatic carbocycles. The van der Waals surface area contributed by atoms with Gasteiger partial charge in [0.2, 0.25) is 0 Å². The number of halogens is 3. The first kappa shape index (κ1) is 16.1. The van der Waals surface area contributed by atoms with Gasteiger partial charge in [-0.3, -0.25) is 4.79 Å². The molecule has 6 heteroatoms. The van der Waals surface area contributed by atoms with Crippen molar-refractivity contribution in [1.29, 1.82) is 0 Å². The van der Waals surface area contributed by atoms with Crippen molar-refractivity contribution in [2.45, 2.75) is 26.8 Å². The molecule has 0 bridgehead atoms. The van der Waals surface area contributed by atoms with Gasteiger partial charge in [-0.2, -0.15) is 0 Å². The molecule has 1 heterocycles. The molecule has 0 atom stereocenters. The average molecular weight is 311 g/mol. The van der Waals surface area contributed by atoms with Gasteiger partial charge in [-0.1, -0.05) is 6.07 Å². The van der Waals surface area contributed by atoms with Crippen LogP contribution in [0, 0.1) is 12.7 Å². The van der Waals surface area contributed by atoms with E-state index in [1.807, 2.05) is 0 Å². The standard InChI is InChI=1S/C16H16F3NO2/c1-3-22-11-5-6-12(13(17)8-11)14-7-4-10(2)16(21)20(14)9-15(18)19/h4-8,15H,3,9H2,1-2H3. The highest BCUT2D eigenvalue weighted by Crippen LogP contribution is 2.26. The molecule has 3 nitrogen and oxygen atoms in total. The minimum atomic E-state index is -2.70. The van der Waals surface area contributed by atoms with Crippen molar-refractivity contribution in [3.8, 4) is 17.0 Å². The van der Waals surface area contributed by atoms with E-state index in [0.29, 0.717) is 17.9 Å². The largest absolute Gasteiger partial charge is 0.494 e. The number of ether oxygens (including phenoxy) is 1. The molecule has 0 N–H and O–H groups in total. The monoisotopic (exact) mass is 311 g/mol. The summed E-state index contributed by atoms with van der Waals surface area (Å²) in [6.07, 6.45) is -2.70. The van der Waals surface area contributed by atoms with Gasteiger partial charge in [-0.15, -0.1) is 0 Å². The SMILES string of the molecule is CCOc1ccc(-c2ccc(C)c(=O)n2CC(F)F)c(F)c1. The number of benzene rings is 1. The number of hydrogen-bond donors (Lipinski definition) is 0. The summed E-state index contributed by atoms with van der Waals surface area (Å²) in [5.74, 6) is -0.282. The normalized spacial score (nSPS) is 11.0. The molecular weight excluding hydrogens is 295 g/mol. The number of alkyl halides is 2. The minimum Gasteiger partial charge on any atom is -0.494 e. The number of nitrogens with zero attached hydrogens (tertiary/aromatic N) is 1. The lowest BCUT2D eigenvalue weighted by molar-refractivity contribution is 0.125. The molecule has 0 spiro atoms. The zero-order valence-corrected chi connectivity index (χ0v) is 12.3. The Labute approximate surface area is 126 Å². The third-order valence-corrected chi connectivity index (χ3v) is 3.21. The van der Waals surface area contributed by atoms with Crippen LogP contribution in [0.15, 0.2) is 35.1 Å². The van der Waals surface area contributed by atoms with E-state index in [9.17, 15) is 18.0 Å². The lowest BCUT2D eigenvalue weighted by Crippen LogP contribution is -2.26. The summed E-state index contributed by atoms with van der Waals surface area (Å²) in [7, 11) is 0. The fraction of sp³-hybridized carbons (Fsp3) is 0.312. The van der Waals surface area contributed by atoms with Crippen LogP contribution < -0.4 is 10.3 Å². The van der Waals surface area contributed by atoms with Crippen molar-refractivity contribution in [2.24, 2.45) is 0 Å². The molecule has 2 aromatic rings. The Kier molecular flexibility index (Phi) is 4.90. The van der Waals surface area contributed by atoms with Gasteiger partial charge in [0, 0.05) is 17.2 Å². The number of aromatic nitrogens is 1. The minimum absolute atomic E-state index is 0.0844. The molecule has 0 aliphatic heterocycles. The van der Waals surface area contributed by atoms with Gasteiger partial charge in [0.1, 0.15) is 11.6 Å². The summed E-state index contributed by atoms with van der Waals surface area (Å²) in [6, 6.07) is 7.11. The highest BCUT2D eigenvalue weighted by atomic mass is 19.3. The van der Waals surface area contributed by atoms with E-state index in [4.69, 9.17) is 4.74 Å². The van der Waals surface area contributed by atoms with Crippen LogP contribution in [0.25, 0.3) is 11.3 Å². The Morgan fingerprint density at radius 2 is 1.95 bits per heavy atom. The van der Waals surface area contributed by atoms with E-state index in [-0.39, 0.29) is 11.3 Å². The summed E-state index contributed by atoms with van der Waals surface area (Å²) >= 11 is 0. The molecule has 0 radical (unpaired) electrons. The fourth-order valence-corrected chi connectivity index (χ4v) is 2.20.